The highest BCUT2D eigenvalue weighted by Crippen LogP contribution is 2.24. The van der Waals surface area contributed by atoms with Crippen molar-refractivity contribution in [3.63, 3.8) is 0 Å². The average molecular weight is 913 g/mol. The monoisotopic (exact) mass is 912 g/mol. The van der Waals surface area contributed by atoms with Crippen LogP contribution < -0.4 is 24.6 Å². The molecule has 306 valence electrons. The Hall–Kier alpha value is -2.54. The van der Waals surface area contributed by atoms with Crippen LogP contribution in [-0.4, -0.2) is 97.0 Å². The molecule has 1 unspecified atom stereocenters. The van der Waals surface area contributed by atoms with Crippen LogP contribution in [0.25, 0.3) is 18.2 Å². The number of aryl methyl sites for hydroxylation is 1. The number of pyridine rings is 1. The van der Waals surface area contributed by atoms with Crippen LogP contribution in [0.5, 0.6) is 0 Å². The number of hydrogen-bond acceptors (Lipinski definition) is 4. The molecule has 1 aromatic heterocycles. The smallest absolute Gasteiger partial charge is 0.169 e. The number of aromatic nitrogens is 1. The molecule has 6 nitrogen and oxygen atoms in total. The lowest BCUT2D eigenvalue weighted by atomic mass is 10.1. The summed E-state index contributed by atoms with van der Waals surface area (Å²) in [6.07, 6.45) is 23.7. The molecule has 3 rings (SSSR count). The van der Waals surface area contributed by atoms with Gasteiger partial charge in [0.15, 0.2) is 12.4 Å². The van der Waals surface area contributed by atoms with Crippen molar-refractivity contribution in [2.75, 3.05) is 102 Å². The topological polar surface area (TPSA) is 31.4 Å². The molecule has 0 aliphatic heterocycles. The number of halogens is 1. The number of nitrogens with one attached hydrogen (secondary N) is 1. The van der Waals surface area contributed by atoms with E-state index in [1.165, 1.54) is 103 Å². The summed E-state index contributed by atoms with van der Waals surface area (Å²) >= 11 is 2.31. The predicted octanol–water partition coefficient (Wildman–Crippen LogP) is 8.09. The Morgan fingerprint density at radius 1 is 0.714 bits per heavy atom. The lowest BCUT2D eigenvalue weighted by Gasteiger charge is -2.31. The maximum atomic E-state index is 2.40. The fourth-order valence-corrected chi connectivity index (χ4v) is 9.04. The van der Waals surface area contributed by atoms with Crippen LogP contribution in [0.3, 0.4) is 0 Å². The maximum absolute atomic E-state index is 2.40. The fourth-order valence-electron chi connectivity index (χ4n) is 6.41. The van der Waals surface area contributed by atoms with Gasteiger partial charge in [0.25, 0.3) is 0 Å². The molecule has 0 fully saturated rings. The van der Waals surface area contributed by atoms with Gasteiger partial charge in [-0.25, -0.2) is 4.57 Å². The lowest BCUT2D eigenvalue weighted by molar-refractivity contribution is -0.890. The maximum Gasteiger partial charge on any atom is 0.169 e. The van der Waals surface area contributed by atoms with E-state index < -0.39 is 0 Å². The zero-order valence-corrected chi connectivity index (χ0v) is 39.4. The van der Waals surface area contributed by atoms with Crippen LogP contribution in [-0.2, 0) is 6.54 Å². The van der Waals surface area contributed by atoms with Crippen molar-refractivity contribution in [1.29, 1.82) is 0 Å². The minimum atomic E-state index is 1.00. The second kappa shape index (κ2) is 28.0. The van der Waals surface area contributed by atoms with E-state index in [9.17, 15) is 0 Å². The van der Waals surface area contributed by atoms with Crippen molar-refractivity contribution < 1.29 is 19.3 Å². The average Bonchev–Trinajstić information content (AvgIpc) is 3.21. The summed E-state index contributed by atoms with van der Waals surface area (Å²) < 4.78 is 5.40. The summed E-state index contributed by atoms with van der Waals surface area (Å²) in [7, 11) is 15.7. The Bertz CT molecular complexity index is 1600. The van der Waals surface area contributed by atoms with Gasteiger partial charge >= 0.3 is 0 Å². The molecule has 1 heterocycles. The normalized spacial score (nSPS) is 13.0. The third-order valence-corrected chi connectivity index (χ3v) is 13.5. The van der Waals surface area contributed by atoms with Gasteiger partial charge in [0.05, 0.1) is 60.1 Å². The standard InChI is InChI=1S/C47H71IN6S2/c1-8-49-30-27-45(41-48)18-17-43-21-23-46(24-22-43)51(4)33-12-32-50(3)31-10-11-39-55-56-40-14-38-54(6,7)37-13-34-52(5)47-25-19-42(20-26-47)15-16-44-28-35-53(9-2)36-29-44/h15-30,35-36,41,49H,8-14,31-34,37-40H2,1-7H3/q+2/p+2. The van der Waals surface area contributed by atoms with Gasteiger partial charge in [-0.1, -0.05) is 92.7 Å². The van der Waals surface area contributed by atoms with E-state index in [0.29, 0.717) is 0 Å². The lowest BCUT2D eigenvalue weighted by Crippen LogP contribution is -3.09. The largest absolute Gasteiger partial charge is 0.374 e. The Kier molecular flexibility index (Phi) is 23.9. The SMILES string of the molecule is CC[NH2+]C=CC(C=Cc1ccc(N(C)CCC[NH+](C)CCCCSSCCC[N+](C)(C)CCCN(C)c2ccc(C=Cc3cc[n+](CC)cc3)cc2)cc1)=CI. The first kappa shape index (κ1) is 47.8. The first-order valence-electron chi connectivity index (χ1n) is 20.8. The van der Waals surface area contributed by atoms with Gasteiger partial charge in [-0.15, -0.1) is 0 Å². The van der Waals surface area contributed by atoms with Crippen LogP contribution in [0, 0.1) is 0 Å². The summed E-state index contributed by atoms with van der Waals surface area (Å²) in [5, 5.41) is 2.18. The van der Waals surface area contributed by atoms with E-state index in [4.69, 9.17) is 0 Å². The number of nitrogens with zero attached hydrogens (tertiary/aromatic N) is 4. The molecule has 3 N–H and O–H groups in total. The number of benzene rings is 2. The van der Waals surface area contributed by atoms with Crippen molar-refractivity contribution in [2.24, 2.45) is 0 Å². The molecule has 0 saturated carbocycles. The van der Waals surface area contributed by atoms with Gasteiger partial charge in [0, 0.05) is 81.5 Å². The highest BCUT2D eigenvalue weighted by atomic mass is 127. The molecule has 0 bridgehead atoms. The van der Waals surface area contributed by atoms with Gasteiger partial charge in [-0.05, 0) is 83.4 Å². The molecular weight excluding hydrogens is 840 g/mol. The number of quaternary nitrogens is 3. The van der Waals surface area contributed by atoms with E-state index in [0.717, 1.165) is 30.7 Å². The molecule has 3 aromatic rings. The van der Waals surface area contributed by atoms with Gasteiger partial charge in [-0.2, -0.15) is 0 Å². The molecule has 1 atom stereocenters. The van der Waals surface area contributed by atoms with Crippen LogP contribution in [0.1, 0.15) is 62.6 Å². The van der Waals surface area contributed by atoms with Crippen LogP contribution >= 0.6 is 44.2 Å². The molecule has 0 saturated heterocycles. The van der Waals surface area contributed by atoms with Crippen molar-refractivity contribution in [3.05, 3.63) is 118 Å². The first-order valence-corrected chi connectivity index (χ1v) is 24.5. The fraction of sp³-hybridized carbons (Fsp3) is 0.468. The minimum absolute atomic E-state index is 1.00. The molecule has 0 aliphatic rings. The van der Waals surface area contributed by atoms with Gasteiger partial charge in [-0.3, -0.25) is 0 Å². The molecule has 0 aliphatic carbocycles. The third-order valence-electron chi connectivity index (χ3n) is 10.2. The molecule has 2 aromatic carbocycles. The van der Waals surface area contributed by atoms with Crippen LogP contribution in [0.15, 0.2) is 101 Å². The number of allylic oxidation sites excluding steroid dienone is 3. The molecule has 56 heavy (non-hydrogen) atoms. The van der Waals surface area contributed by atoms with E-state index in [1.54, 1.807) is 4.90 Å². The summed E-state index contributed by atoms with van der Waals surface area (Å²) in [6.45, 7) is 13.5. The van der Waals surface area contributed by atoms with E-state index in [2.05, 4.69) is 227 Å². The number of rotatable bonds is 28. The summed E-state index contributed by atoms with van der Waals surface area (Å²) in [6, 6.07) is 22.2. The zero-order valence-electron chi connectivity index (χ0n) is 35.6. The van der Waals surface area contributed by atoms with Gasteiger partial charge in [0.1, 0.15) is 6.54 Å². The van der Waals surface area contributed by atoms with Crippen molar-refractivity contribution in [1.82, 2.24) is 0 Å². The number of hydrogen-bond donors (Lipinski definition) is 2. The van der Waals surface area contributed by atoms with Gasteiger partial charge < -0.3 is 24.5 Å². The Morgan fingerprint density at radius 2 is 1.25 bits per heavy atom. The summed E-state index contributed by atoms with van der Waals surface area (Å²) in [5.41, 5.74) is 7.49. The second-order valence-corrected chi connectivity index (χ2v) is 18.8. The van der Waals surface area contributed by atoms with E-state index in [-0.39, 0.29) is 0 Å². The van der Waals surface area contributed by atoms with E-state index >= 15 is 0 Å². The third kappa shape index (κ3) is 20.2. The molecule has 0 spiro atoms. The highest BCUT2D eigenvalue weighted by molar-refractivity contribution is 14.1. The van der Waals surface area contributed by atoms with Crippen molar-refractivity contribution in [2.45, 2.75) is 52.5 Å². The zero-order chi connectivity index (χ0) is 40.4. The van der Waals surface area contributed by atoms with E-state index in [1.807, 2.05) is 0 Å². The quantitative estimate of drug-likeness (QED) is 0.0193. The minimum Gasteiger partial charge on any atom is -0.374 e. The van der Waals surface area contributed by atoms with Crippen molar-refractivity contribution >= 4 is 73.8 Å². The summed E-state index contributed by atoms with van der Waals surface area (Å²) in [5.74, 6) is 2.52. The molecule has 9 heteroatoms. The molecule has 0 amide bonds. The highest BCUT2D eigenvalue weighted by Gasteiger charge is 2.15. The Balaban J connectivity index is 1.18. The van der Waals surface area contributed by atoms with Crippen LogP contribution in [0.4, 0.5) is 11.4 Å². The predicted molar refractivity (Wildman–Crippen MR) is 260 cm³/mol. The Morgan fingerprint density at radius 3 is 1.84 bits per heavy atom. The van der Waals surface area contributed by atoms with Gasteiger partial charge in [0.2, 0.25) is 0 Å². The number of unbranched alkanes of at least 4 members (excludes halogenated alkanes) is 1. The van der Waals surface area contributed by atoms with Crippen molar-refractivity contribution in [3.8, 4) is 0 Å². The second-order valence-electron chi connectivity index (χ2n) is 15.5. The number of anilines is 2. The molecule has 0 radical (unpaired) electrons. The summed E-state index contributed by atoms with van der Waals surface area (Å²) in [4.78, 5) is 6.44. The first-order chi connectivity index (χ1) is 27.1. The Labute approximate surface area is 363 Å². The number of nitrogens with two attached hydrogens (primary N) is 1. The molecular formula is C47H73IN6S2+4. The van der Waals surface area contributed by atoms with Crippen LogP contribution in [0.2, 0.25) is 0 Å².